The van der Waals surface area contributed by atoms with E-state index in [1.165, 1.54) is 12.0 Å². The minimum absolute atomic E-state index is 0.110. The van der Waals surface area contributed by atoms with Gasteiger partial charge in [0.1, 0.15) is 6.79 Å². The van der Waals surface area contributed by atoms with Crippen LogP contribution in [0.4, 0.5) is 0 Å². The Kier molecular flexibility index (Phi) is 6.02. The molecule has 0 aromatic heterocycles. The number of aliphatic hydroxyl groups excluding tert-OH is 1. The first-order valence-electron chi connectivity index (χ1n) is 10.6. The molecule has 2 saturated carbocycles. The molecule has 156 valence electrons. The highest BCUT2D eigenvalue weighted by Crippen LogP contribution is 2.58. The van der Waals surface area contributed by atoms with Crippen LogP contribution in [0.15, 0.2) is 11.6 Å². The highest BCUT2D eigenvalue weighted by atomic mass is 28.4. The summed E-state index contributed by atoms with van der Waals surface area (Å²) < 4.78 is 18.3. The largest absolute Gasteiger partial charge is 0.410 e. The molecular formula is C22H40O4Si. The Hall–Kier alpha value is -0.203. The van der Waals surface area contributed by atoms with E-state index in [0.717, 1.165) is 19.3 Å². The second-order valence-corrected chi connectivity index (χ2v) is 15.5. The lowest BCUT2D eigenvalue weighted by Gasteiger charge is -2.47. The molecule has 0 saturated heterocycles. The molecule has 3 aliphatic carbocycles. The topological polar surface area (TPSA) is 47.9 Å². The lowest BCUT2D eigenvalue weighted by Crippen LogP contribution is -2.49. The van der Waals surface area contributed by atoms with E-state index in [1.54, 1.807) is 7.11 Å². The van der Waals surface area contributed by atoms with Gasteiger partial charge in [-0.1, -0.05) is 33.8 Å². The van der Waals surface area contributed by atoms with Gasteiger partial charge in [0.05, 0.1) is 12.2 Å². The molecule has 0 spiro atoms. The average molecular weight is 397 g/mol. The summed E-state index contributed by atoms with van der Waals surface area (Å²) in [5.41, 5.74) is 1.59. The molecular weight excluding hydrogens is 356 g/mol. The van der Waals surface area contributed by atoms with E-state index < -0.39 is 8.32 Å². The molecule has 0 radical (unpaired) electrons. The Balaban J connectivity index is 1.86. The molecule has 0 aromatic rings. The van der Waals surface area contributed by atoms with Gasteiger partial charge in [-0.05, 0) is 67.1 Å². The SMILES string of the molecule is COCO[C@@H]1CC[C@H]2C=C([C@H]3C[C@H]3CO)[C@@H](O[Si](C)(C)C(C)(C)C)C[C@]21C. The fraction of sp³-hybridized carbons (Fsp3) is 0.909. The molecule has 0 unspecified atom stereocenters. The van der Waals surface area contributed by atoms with Crippen molar-refractivity contribution < 1.29 is 19.0 Å². The molecule has 0 heterocycles. The molecule has 0 bridgehead atoms. The van der Waals surface area contributed by atoms with Crippen molar-refractivity contribution in [2.45, 2.75) is 83.7 Å². The van der Waals surface area contributed by atoms with Crippen LogP contribution in [0.2, 0.25) is 18.1 Å². The van der Waals surface area contributed by atoms with Crippen LogP contribution in [-0.2, 0) is 13.9 Å². The lowest BCUT2D eigenvalue weighted by atomic mass is 9.68. The predicted molar refractivity (Wildman–Crippen MR) is 111 cm³/mol. The third-order valence-electron chi connectivity index (χ3n) is 7.93. The summed E-state index contributed by atoms with van der Waals surface area (Å²) in [6.45, 7) is 14.7. The highest BCUT2D eigenvalue weighted by molar-refractivity contribution is 6.74. The van der Waals surface area contributed by atoms with Crippen molar-refractivity contribution in [2.75, 3.05) is 20.5 Å². The summed E-state index contributed by atoms with van der Waals surface area (Å²) in [7, 11) is -0.184. The zero-order valence-electron chi connectivity index (χ0n) is 18.4. The van der Waals surface area contributed by atoms with E-state index in [4.69, 9.17) is 13.9 Å². The number of methoxy groups -OCH3 is 1. The van der Waals surface area contributed by atoms with Crippen LogP contribution in [0.25, 0.3) is 0 Å². The van der Waals surface area contributed by atoms with Gasteiger partial charge in [0.15, 0.2) is 8.32 Å². The van der Waals surface area contributed by atoms with Crippen molar-refractivity contribution in [2.24, 2.45) is 23.2 Å². The van der Waals surface area contributed by atoms with Crippen molar-refractivity contribution in [1.82, 2.24) is 0 Å². The average Bonchev–Trinajstić information content (AvgIpc) is 3.27. The van der Waals surface area contributed by atoms with Gasteiger partial charge in [-0.3, -0.25) is 0 Å². The van der Waals surface area contributed by atoms with E-state index in [0.29, 0.717) is 31.2 Å². The number of ether oxygens (including phenoxy) is 2. The normalized spacial score (nSPS) is 39.3. The maximum absolute atomic E-state index is 9.64. The fourth-order valence-electron chi connectivity index (χ4n) is 4.93. The van der Waals surface area contributed by atoms with Crippen molar-refractivity contribution >= 4 is 8.32 Å². The molecule has 3 aliphatic rings. The van der Waals surface area contributed by atoms with Gasteiger partial charge < -0.3 is 19.0 Å². The molecule has 0 aromatic carbocycles. The third kappa shape index (κ3) is 4.09. The number of rotatable bonds is 7. The summed E-state index contributed by atoms with van der Waals surface area (Å²) in [5.74, 6) is 1.51. The monoisotopic (exact) mass is 396 g/mol. The van der Waals surface area contributed by atoms with Gasteiger partial charge in [0.25, 0.3) is 0 Å². The minimum atomic E-state index is -1.88. The summed E-state index contributed by atoms with van der Waals surface area (Å²) >= 11 is 0. The zero-order chi connectivity index (χ0) is 20.0. The standard InChI is InChI=1S/C22H40O4Si/c1-21(2,3)27(6,7)26-19-12-22(4)16(8-9-20(22)25-14-24-5)11-18(19)17-10-15(17)13-23/h11,15-17,19-20,23H,8-10,12-14H2,1-7H3/t15-,16-,17-,19-,20+,22+/m0/s1. The fourth-order valence-corrected chi connectivity index (χ4v) is 6.21. The third-order valence-corrected chi connectivity index (χ3v) is 12.4. The second kappa shape index (κ2) is 7.56. The van der Waals surface area contributed by atoms with Gasteiger partial charge in [0, 0.05) is 19.1 Å². The first kappa shape index (κ1) is 21.5. The summed E-state index contributed by atoms with van der Waals surface area (Å²) in [4.78, 5) is 0. The van der Waals surface area contributed by atoms with Crippen molar-refractivity contribution in [3.05, 3.63) is 11.6 Å². The Labute approximate surface area is 166 Å². The van der Waals surface area contributed by atoms with E-state index in [-0.39, 0.29) is 22.7 Å². The summed E-state index contributed by atoms with van der Waals surface area (Å²) in [6, 6.07) is 0. The Morgan fingerprint density at radius 1 is 1.26 bits per heavy atom. The van der Waals surface area contributed by atoms with Gasteiger partial charge in [-0.25, -0.2) is 0 Å². The lowest BCUT2D eigenvalue weighted by molar-refractivity contribution is -0.116. The van der Waals surface area contributed by atoms with Crippen molar-refractivity contribution in [1.29, 1.82) is 0 Å². The van der Waals surface area contributed by atoms with Crippen LogP contribution >= 0.6 is 0 Å². The molecule has 0 amide bonds. The maximum Gasteiger partial charge on any atom is 0.192 e. The van der Waals surface area contributed by atoms with Gasteiger partial charge >= 0.3 is 0 Å². The number of allylic oxidation sites excluding steroid dienone is 1. The first-order chi connectivity index (χ1) is 12.5. The van der Waals surface area contributed by atoms with Crippen LogP contribution < -0.4 is 0 Å². The molecule has 1 N–H and O–H groups in total. The van der Waals surface area contributed by atoms with E-state index in [1.807, 2.05) is 0 Å². The van der Waals surface area contributed by atoms with Crippen molar-refractivity contribution in [3.8, 4) is 0 Å². The Morgan fingerprint density at radius 3 is 2.52 bits per heavy atom. The molecule has 6 atom stereocenters. The molecule has 4 nitrogen and oxygen atoms in total. The number of hydrogen-bond acceptors (Lipinski definition) is 4. The zero-order valence-corrected chi connectivity index (χ0v) is 19.4. The number of hydrogen-bond donors (Lipinski definition) is 1. The van der Waals surface area contributed by atoms with Crippen molar-refractivity contribution in [3.63, 3.8) is 0 Å². The van der Waals surface area contributed by atoms with Crippen LogP contribution in [0.5, 0.6) is 0 Å². The van der Waals surface area contributed by atoms with Crippen LogP contribution in [0.1, 0.15) is 53.4 Å². The molecule has 27 heavy (non-hydrogen) atoms. The molecule has 0 aliphatic heterocycles. The van der Waals surface area contributed by atoms with Gasteiger partial charge in [0.2, 0.25) is 0 Å². The quantitative estimate of drug-likeness (QED) is 0.383. The number of aliphatic hydroxyl groups is 1. The van der Waals surface area contributed by atoms with E-state index in [2.05, 4.69) is 46.9 Å². The highest BCUT2D eigenvalue weighted by Gasteiger charge is 2.55. The molecule has 2 fully saturated rings. The minimum Gasteiger partial charge on any atom is -0.410 e. The first-order valence-corrected chi connectivity index (χ1v) is 13.5. The molecule has 5 heteroatoms. The van der Waals surface area contributed by atoms with Gasteiger partial charge in [-0.2, -0.15) is 0 Å². The van der Waals surface area contributed by atoms with Crippen LogP contribution in [0, 0.1) is 23.2 Å². The van der Waals surface area contributed by atoms with E-state index >= 15 is 0 Å². The maximum atomic E-state index is 9.64. The summed E-state index contributed by atoms with van der Waals surface area (Å²) in [6.07, 6.45) is 7.34. The predicted octanol–water partition coefficient (Wildman–Crippen LogP) is 4.74. The Bertz CT molecular complexity index is 567. The smallest absolute Gasteiger partial charge is 0.192 e. The number of fused-ring (bicyclic) bond motifs is 1. The molecule has 3 rings (SSSR count). The van der Waals surface area contributed by atoms with Gasteiger partial charge in [-0.15, -0.1) is 0 Å². The van der Waals surface area contributed by atoms with Crippen LogP contribution in [-0.4, -0.2) is 46.1 Å². The Morgan fingerprint density at radius 2 is 1.96 bits per heavy atom. The summed E-state index contributed by atoms with van der Waals surface area (Å²) in [5, 5.41) is 9.83. The van der Waals surface area contributed by atoms with E-state index in [9.17, 15) is 5.11 Å². The second-order valence-electron chi connectivity index (χ2n) is 10.8. The van der Waals surface area contributed by atoms with Crippen LogP contribution in [0.3, 0.4) is 0 Å².